The lowest BCUT2D eigenvalue weighted by molar-refractivity contribution is -0.137. The first-order chi connectivity index (χ1) is 18.8. The fraction of sp³-hybridized carbons (Fsp3) is 0.345. The summed E-state index contributed by atoms with van der Waals surface area (Å²) in [7, 11) is -0.0587. The first kappa shape index (κ1) is 26.9. The fourth-order valence-electron chi connectivity index (χ4n) is 6.19. The Morgan fingerprint density at radius 3 is 2.49 bits per heavy atom. The van der Waals surface area contributed by atoms with Gasteiger partial charge in [-0.3, -0.25) is 9.59 Å². The molecule has 0 unspecified atom stereocenters. The molecule has 9 nitrogen and oxygen atoms in total. The highest BCUT2D eigenvalue weighted by Gasteiger charge is 2.59. The molecular weight excluding hydrogens is 501 g/mol. The molecule has 2 fully saturated rings. The minimum Gasteiger partial charge on any atom is -0.508 e. The lowest BCUT2D eigenvalue weighted by Crippen LogP contribution is -2.46. The second-order valence-electron chi connectivity index (χ2n) is 10.1. The molecule has 2 saturated heterocycles. The zero-order valence-corrected chi connectivity index (χ0v) is 21.5. The number of methoxy groups -OCH3 is 1. The van der Waals surface area contributed by atoms with Crippen molar-refractivity contribution >= 4 is 36.7 Å². The van der Waals surface area contributed by atoms with Gasteiger partial charge in [0.25, 0.3) is 0 Å². The summed E-state index contributed by atoms with van der Waals surface area (Å²) in [6, 6.07) is 16.7. The van der Waals surface area contributed by atoms with Crippen LogP contribution in [0.2, 0.25) is 6.32 Å². The van der Waals surface area contributed by atoms with Crippen LogP contribution in [0.4, 0.5) is 4.79 Å². The minimum absolute atomic E-state index is 0.0828. The van der Waals surface area contributed by atoms with Crippen molar-refractivity contribution in [2.24, 2.45) is 17.8 Å². The number of aromatic hydroxyl groups is 1. The zero-order chi connectivity index (χ0) is 27.7. The summed E-state index contributed by atoms with van der Waals surface area (Å²) < 4.78 is 10.6. The fourth-order valence-corrected chi connectivity index (χ4v) is 6.19. The van der Waals surface area contributed by atoms with Crippen molar-refractivity contribution in [1.29, 1.82) is 0 Å². The molecule has 2 aliphatic heterocycles. The molecule has 0 spiro atoms. The topological polar surface area (TPSA) is 134 Å². The van der Waals surface area contributed by atoms with E-state index in [1.807, 2.05) is 48.5 Å². The Balaban J connectivity index is 1.46. The number of phenolic OH excluding ortho intramolecular Hbond substituents is 1. The maximum Gasteiger partial charge on any atom is 0.455 e. The third-order valence-corrected chi connectivity index (χ3v) is 7.91. The number of amides is 3. The number of ether oxygens (including phenoxy) is 1. The zero-order valence-electron chi connectivity index (χ0n) is 21.5. The molecule has 2 aromatic carbocycles. The van der Waals surface area contributed by atoms with E-state index in [1.165, 1.54) is 0 Å². The number of hydrogen-bond acceptors (Lipinski definition) is 8. The van der Waals surface area contributed by atoms with Crippen molar-refractivity contribution in [1.82, 2.24) is 4.90 Å². The Hall–Kier alpha value is -3.73. The molecule has 202 valence electrons. The van der Waals surface area contributed by atoms with Crippen molar-refractivity contribution in [2.75, 3.05) is 13.7 Å². The molecule has 5 rings (SSSR count). The third-order valence-electron chi connectivity index (χ3n) is 7.91. The standard InChI is InChI=1S/C29H30BNO8/c1-38-29(36)31-27(34)22-14-20(16-32)25-23(26(22)28(31)35)15-30(37)39-24(25)12-9-19(18-5-3-2-4-6-18)13-17-7-10-21(33)11-8-17/h2-8,10-11,13,22-24,26,32-33,37H,9,12,14-16H2,1H3/b19-13-/t22-,23+,24-,26-/m1/s1. The SMILES string of the molecule is COC(=O)N1C(=O)[C@@H]2[C@@H](CC(CO)=C3[C@@H](CC/C(=C/c4ccc(O)cc4)c4ccccc4)OB(O)C[C@@H]32)C1=O. The largest absolute Gasteiger partial charge is 0.508 e. The van der Waals surface area contributed by atoms with Gasteiger partial charge in [0.15, 0.2) is 0 Å². The van der Waals surface area contributed by atoms with E-state index >= 15 is 0 Å². The van der Waals surface area contributed by atoms with Crippen LogP contribution in [0.3, 0.4) is 0 Å². The highest BCUT2D eigenvalue weighted by atomic mass is 16.5. The molecule has 39 heavy (non-hydrogen) atoms. The van der Waals surface area contributed by atoms with Crippen LogP contribution in [0.15, 0.2) is 65.7 Å². The van der Waals surface area contributed by atoms with Gasteiger partial charge >= 0.3 is 13.2 Å². The van der Waals surface area contributed by atoms with Crippen LogP contribution in [-0.4, -0.2) is 65.0 Å². The Bertz CT molecular complexity index is 1320. The number of phenols is 1. The number of allylic oxidation sites excluding steroid dienone is 1. The molecule has 0 bridgehead atoms. The normalized spacial score (nSPS) is 25.1. The van der Waals surface area contributed by atoms with E-state index in [2.05, 4.69) is 4.74 Å². The first-order valence-electron chi connectivity index (χ1n) is 13.0. The summed E-state index contributed by atoms with van der Waals surface area (Å²) in [5.41, 5.74) is 4.25. The van der Waals surface area contributed by atoms with Gasteiger partial charge in [0.05, 0.1) is 31.7 Å². The van der Waals surface area contributed by atoms with Crippen LogP contribution in [0, 0.1) is 17.8 Å². The van der Waals surface area contributed by atoms with E-state index in [0.717, 1.165) is 29.4 Å². The summed E-state index contributed by atoms with van der Waals surface area (Å²) in [6.07, 6.45) is 1.62. The molecule has 1 aliphatic carbocycles. The number of aliphatic hydroxyl groups excluding tert-OH is 1. The monoisotopic (exact) mass is 531 g/mol. The Morgan fingerprint density at radius 2 is 1.82 bits per heavy atom. The smallest absolute Gasteiger partial charge is 0.455 e. The number of imide groups is 3. The molecule has 0 saturated carbocycles. The van der Waals surface area contributed by atoms with Crippen LogP contribution in [0.5, 0.6) is 5.75 Å². The number of fused-ring (bicyclic) bond motifs is 3. The molecule has 0 radical (unpaired) electrons. The van der Waals surface area contributed by atoms with Crippen LogP contribution in [-0.2, 0) is 19.0 Å². The van der Waals surface area contributed by atoms with Crippen LogP contribution >= 0.6 is 0 Å². The van der Waals surface area contributed by atoms with Gasteiger partial charge in [-0.2, -0.15) is 4.90 Å². The predicted octanol–water partition coefficient (Wildman–Crippen LogP) is 3.27. The summed E-state index contributed by atoms with van der Waals surface area (Å²) in [6.45, 7) is -0.320. The molecular formula is C29H30BNO8. The predicted molar refractivity (Wildman–Crippen MR) is 143 cm³/mol. The van der Waals surface area contributed by atoms with Crippen LogP contribution in [0.25, 0.3) is 11.6 Å². The maximum absolute atomic E-state index is 13.3. The van der Waals surface area contributed by atoms with Gasteiger partial charge in [-0.05, 0) is 71.5 Å². The van der Waals surface area contributed by atoms with Crippen molar-refractivity contribution in [3.63, 3.8) is 0 Å². The Kier molecular flexibility index (Phi) is 7.70. The molecule has 3 amide bonds. The van der Waals surface area contributed by atoms with Crippen molar-refractivity contribution in [3.8, 4) is 5.75 Å². The molecule has 10 heteroatoms. The summed E-state index contributed by atoms with van der Waals surface area (Å²) in [4.78, 5) is 39.0. The van der Waals surface area contributed by atoms with Gasteiger partial charge in [-0.1, -0.05) is 48.5 Å². The summed E-state index contributed by atoms with van der Waals surface area (Å²) in [5.74, 6) is -3.28. The van der Waals surface area contributed by atoms with E-state index in [9.17, 15) is 29.6 Å². The van der Waals surface area contributed by atoms with Gasteiger partial charge in [0, 0.05) is 0 Å². The first-order valence-corrected chi connectivity index (χ1v) is 13.0. The van der Waals surface area contributed by atoms with E-state index in [4.69, 9.17) is 4.65 Å². The number of rotatable bonds is 6. The van der Waals surface area contributed by atoms with Gasteiger partial charge in [0.2, 0.25) is 11.8 Å². The van der Waals surface area contributed by atoms with Gasteiger partial charge < -0.3 is 24.6 Å². The highest BCUT2D eigenvalue weighted by molar-refractivity contribution is 6.43. The maximum atomic E-state index is 13.3. The summed E-state index contributed by atoms with van der Waals surface area (Å²) in [5, 5.41) is 30.6. The van der Waals surface area contributed by atoms with E-state index < -0.39 is 48.9 Å². The van der Waals surface area contributed by atoms with Crippen molar-refractivity contribution < 1.29 is 39.0 Å². The van der Waals surface area contributed by atoms with Gasteiger partial charge in [-0.15, -0.1) is 0 Å². The number of nitrogens with zero attached hydrogens (tertiary/aromatic N) is 1. The molecule has 3 aliphatic rings. The van der Waals surface area contributed by atoms with Gasteiger partial charge in [0.1, 0.15) is 5.75 Å². The lowest BCUT2D eigenvalue weighted by Gasteiger charge is -2.42. The molecule has 2 aromatic rings. The van der Waals surface area contributed by atoms with Crippen molar-refractivity contribution in [3.05, 3.63) is 76.9 Å². The van der Waals surface area contributed by atoms with Crippen LogP contribution in [0.1, 0.15) is 30.4 Å². The highest BCUT2D eigenvalue weighted by Crippen LogP contribution is 2.50. The van der Waals surface area contributed by atoms with E-state index in [-0.39, 0.29) is 25.1 Å². The minimum atomic E-state index is -1.17. The Morgan fingerprint density at radius 1 is 1.10 bits per heavy atom. The average Bonchev–Trinajstić information content (AvgIpc) is 3.20. The third kappa shape index (κ3) is 5.15. The molecule has 2 heterocycles. The van der Waals surface area contributed by atoms with E-state index in [1.54, 1.807) is 12.1 Å². The van der Waals surface area contributed by atoms with E-state index in [0.29, 0.717) is 23.3 Å². The lowest BCUT2D eigenvalue weighted by atomic mass is 9.58. The molecule has 4 atom stereocenters. The second kappa shape index (κ2) is 11.2. The van der Waals surface area contributed by atoms with Crippen LogP contribution < -0.4 is 0 Å². The average molecular weight is 531 g/mol. The number of likely N-dealkylation sites (tertiary alicyclic amines) is 1. The molecule has 0 aromatic heterocycles. The quantitative estimate of drug-likeness (QED) is 0.224. The number of benzene rings is 2. The Labute approximate surface area is 226 Å². The number of aliphatic hydroxyl groups is 1. The van der Waals surface area contributed by atoms with Crippen molar-refractivity contribution in [2.45, 2.75) is 31.7 Å². The number of hydrogen-bond donors (Lipinski definition) is 3. The molecule has 3 N–H and O–H groups in total. The van der Waals surface area contributed by atoms with Gasteiger partial charge in [-0.25, -0.2) is 4.79 Å². The second-order valence-corrected chi connectivity index (χ2v) is 10.1. The summed E-state index contributed by atoms with van der Waals surface area (Å²) >= 11 is 0. The number of carbonyl (C=O) groups is 3. The number of carbonyl (C=O) groups excluding carboxylic acids is 3.